The van der Waals surface area contributed by atoms with E-state index in [4.69, 9.17) is 16.6 Å². The fourth-order valence-corrected chi connectivity index (χ4v) is 3.13. The first kappa shape index (κ1) is 27.0. The highest BCUT2D eigenvalue weighted by atomic mass is 32.2. The van der Waals surface area contributed by atoms with Gasteiger partial charge in [0, 0.05) is 12.8 Å². The Kier molecular flexibility index (Phi) is 11.0. The SMILES string of the molecule is CSCCC(N)C(=O)N(C(=O)C(C)N)C(CCC(=O)O)(C(=O)O)C(=O)CC(C)O. The van der Waals surface area contributed by atoms with Crippen LogP contribution in [0.3, 0.4) is 0 Å². The Balaban J connectivity index is 6.60. The third-order valence-electron chi connectivity index (χ3n) is 4.16. The molecule has 0 aromatic heterocycles. The minimum Gasteiger partial charge on any atom is -0.481 e. The molecule has 12 heteroatoms. The van der Waals surface area contributed by atoms with E-state index in [1.807, 2.05) is 0 Å². The molecule has 29 heavy (non-hydrogen) atoms. The summed E-state index contributed by atoms with van der Waals surface area (Å²) in [6.07, 6.45) is -1.89. The first-order valence-electron chi connectivity index (χ1n) is 8.87. The van der Waals surface area contributed by atoms with Gasteiger partial charge in [0.2, 0.25) is 17.4 Å². The average molecular weight is 435 g/mol. The van der Waals surface area contributed by atoms with Crippen molar-refractivity contribution in [3.8, 4) is 0 Å². The van der Waals surface area contributed by atoms with Crippen LogP contribution < -0.4 is 11.5 Å². The Morgan fingerprint density at radius 3 is 2.00 bits per heavy atom. The molecule has 0 aromatic rings. The molecule has 0 saturated carbocycles. The molecule has 0 heterocycles. The molecule has 7 N–H and O–H groups in total. The Bertz CT molecular complexity index is 640. The van der Waals surface area contributed by atoms with Gasteiger partial charge in [-0.1, -0.05) is 0 Å². The number of imide groups is 1. The number of aliphatic hydroxyl groups excluding tert-OH is 1. The number of carbonyl (C=O) groups is 5. The van der Waals surface area contributed by atoms with Gasteiger partial charge in [-0.15, -0.1) is 0 Å². The molecule has 4 unspecified atom stereocenters. The van der Waals surface area contributed by atoms with Gasteiger partial charge in [0.15, 0.2) is 5.78 Å². The molecular weight excluding hydrogens is 406 g/mol. The number of carboxylic acid groups (broad SMARTS) is 2. The number of rotatable bonds is 13. The molecule has 0 radical (unpaired) electrons. The number of aliphatic hydroxyl groups is 1. The fourth-order valence-electron chi connectivity index (χ4n) is 2.65. The Labute approximate surface area is 172 Å². The maximum atomic E-state index is 13.0. The molecule has 0 aliphatic carbocycles. The molecule has 0 aromatic carbocycles. The lowest BCUT2D eigenvalue weighted by atomic mass is 9.82. The van der Waals surface area contributed by atoms with Crippen molar-refractivity contribution in [3.05, 3.63) is 0 Å². The third-order valence-corrected chi connectivity index (χ3v) is 4.80. The number of ketones is 1. The van der Waals surface area contributed by atoms with Crippen molar-refractivity contribution in [3.63, 3.8) is 0 Å². The van der Waals surface area contributed by atoms with Crippen molar-refractivity contribution in [2.24, 2.45) is 11.5 Å². The number of carboxylic acids is 2. The molecule has 0 bridgehead atoms. The summed E-state index contributed by atoms with van der Waals surface area (Å²) in [5.41, 5.74) is 8.55. The van der Waals surface area contributed by atoms with Crippen molar-refractivity contribution in [1.29, 1.82) is 0 Å². The van der Waals surface area contributed by atoms with Gasteiger partial charge in [0.05, 0.1) is 18.2 Å². The molecule has 0 aliphatic rings. The zero-order chi connectivity index (χ0) is 22.9. The van der Waals surface area contributed by atoms with E-state index in [0.717, 1.165) is 0 Å². The first-order valence-corrected chi connectivity index (χ1v) is 10.3. The van der Waals surface area contributed by atoms with Crippen LogP contribution in [-0.2, 0) is 24.0 Å². The standard InChI is InChI=1S/C17H29N3O8S/c1-9(21)8-12(22)17(16(27)28,6-4-13(23)24)20(14(25)10(2)18)15(26)11(19)5-7-29-3/h9-11,21H,4-8,18-19H2,1-3H3,(H,23,24)(H,27,28). The van der Waals surface area contributed by atoms with Gasteiger partial charge in [0.25, 0.3) is 0 Å². The van der Waals surface area contributed by atoms with E-state index in [9.17, 15) is 34.2 Å². The van der Waals surface area contributed by atoms with E-state index in [1.54, 1.807) is 6.26 Å². The second kappa shape index (κ2) is 11.9. The molecule has 0 aliphatic heterocycles. The summed E-state index contributed by atoms with van der Waals surface area (Å²) >= 11 is 1.36. The quantitative estimate of drug-likeness (QED) is 0.217. The number of hydrogen-bond acceptors (Lipinski definition) is 9. The van der Waals surface area contributed by atoms with E-state index in [0.29, 0.717) is 5.75 Å². The van der Waals surface area contributed by atoms with Crippen LogP contribution in [-0.4, -0.2) is 85.5 Å². The van der Waals surface area contributed by atoms with E-state index in [2.05, 4.69) is 0 Å². The van der Waals surface area contributed by atoms with Crippen molar-refractivity contribution in [2.75, 3.05) is 12.0 Å². The summed E-state index contributed by atoms with van der Waals surface area (Å²) < 4.78 is 0. The summed E-state index contributed by atoms with van der Waals surface area (Å²) in [6.45, 7) is 2.41. The van der Waals surface area contributed by atoms with Crippen LogP contribution in [0.2, 0.25) is 0 Å². The van der Waals surface area contributed by atoms with Gasteiger partial charge >= 0.3 is 11.9 Å². The largest absolute Gasteiger partial charge is 0.481 e. The number of thioether (sulfide) groups is 1. The van der Waals surface area contributed by atoms with E-state index in [1.165, 1.54) is 25.6 Å². The highest BCUT2D eigenvalue weighted by Gasteiger charge is 2.56. The Morgan fingerprint density at radius 1 is 1.07 bits per heavy atom. The maximum Gasteiger partial charge on any atom is 0.337 e. The number of Topliss-reactive ketones (excluding diaryl/α,β-unsaturated/α-hetero) is 1. The van der Waals surface area contributed by atoms with Crippen LogP contribution >= 0.6 is 11.8 Å². The zero-order valence-electron chi connectivity index (χ0n) is 16.7. The first-order chi connectivity index (χ1) is 13.3. The summed E-state index contributed by atoms with van der Waals surface area (Å²) in [5, 5.41) is 28.5. The molecular formula is C17H29N3O8S. The molecule has 0 spiro atoms. The number of nitrogens with zero attached hydrogens (tertiary/aromatic N) is 1. The normalized spacial score (nSPS) is 16.2. The van der Waals surface area contributed by atoms with E-state index < -0.39 is 72.5 Å². The van der Waals surface area contributed by atoms with Crippen molar-refractivity contribution in [1.82, 2.24) is 4.90 Å². The second-order valence-corrected chi connectivity index (χ2v) is 7.71. The highest BCUT2D eigenvalue weighted by Crippen LogP contribution is 2.28. The van der Waals surface area contributed by atoms with E-state index in [-0.39, 0.29) is 11.3 Å². The monoisotopic (exact) mass is 435 g/mol. The Morgan fingerprint density at radius 2 is 1.62 bits per heavy atom. The van der Waals surface area contributed by atoms with Gasteiger partial charge in [-0.2, -0.15) is 11.8 Å². The van der Waals surface area contributed by atoms with Gasteiger partial charge in [-0.05, 0) is 38.7 Å². The number of nitrogens with two attached hydrogens (primary N) is 2. The Hall–Kier alpha value is -2.02. The van der Waals surface area contributed by atoms with E-state index >= 15 is 0 Å². The van der Waals surface area contributed by atoms with Crippen molar-refractivity contribution >= 4 is 41.3 Å². The van der Waals surface area contributed by atoms with Crippen LogP contribution in [0, 0.1) is 0 Å². The summed E-state index contributed by atoms with van der Waals surface area (Å²) in [6, 6.07) is -2.68. The van der Waals surface area contributed by atoms with Crippen molar-refractivity contribution < 1.29 is 39.3 Å². The number of amides is 2. The predicted octanol–water partition coefficient (Wildman–Crippen LogP) is -1.20. The van der Waals surface area contributed by atoms with Crippen LogP contribution in [0.25, 0.3) is 0 Å². The van der Waals surface area contributed by atoms with Crippen LogP contribution in [0.4, 0.5) is 0 Å². The molecule has 166 valence electrons. The second-order valence-electron chi connectivity index (χ2n) is 6.72. The zero-order valence-corrected chi connectivity index (χ0v) is 17.5. The lowest BCUT2D eigenvalue weighted by molar-refractivity contribution is -0.173. The van der Waals surface area contributed by atoms with Gasteiger partial charge in [0.1, 0.15) is 0 Å². The summed E-state index contributed by atoms with van der Waals surface area (Å²) in [7, 11) is 0. The minimum absolute atomic E-state index is 0.0853. The molecule has 0 rings (SSSR count). The average Bonchev–Trinajstić information content (AvgIpc) is 2.60. The lowest BCUT2D eigenvalue weighted by Crippen LogP contribution is -2.68. The molecule has 2 amide bonds. The molecule has 0 fully saturated rings. The van der Waals surface area contributed by atoms with Crippen molar-refractivity contribution in [2.45, 2.75) is 63.3 Å². The van der Waals surface area contributed by atoms with Crippen LogP contribution in [0.5, 0.6) is 0 Å². The van der Waals surface area contributed by atoms with Gasteiger partial charge in [-0.25, -0.2) is 4.79 Å². The van der Waals surface area contributed by atoms with Crippen LogP contribution in [0.15, 0.2) is 0 Å². The summed E-state index contributed by atoms with van der Waals surface area (Å²) in [5.74, 6) is -6.43. The van der Waals surface area contributed by atoms with Gasteiger partial charge in [-0.3, -0.25) is 24.1 Å². The molecule has 11 nitrogen and oxygen atoms in total. The summed E-state index contributed by atoms with van der Waals surface area (Å²) in [4.78, 5) is 62.1. The predicted molar refractivity (Wildman–Crippen MR) is 105 cm³/mol. The minimum atomic E-state index is -2.85. The topological polar surface area (TPSA) is 201 Å². The molecule has 4 atom stereocenters. The van der Waals surface area contributed by atoms with Crippen LogP contribution in [0.1, 0.15) is 39.5 Å². The third kappa shape index (κ3) is 7.07. The number of aliphatic carboxylic acids is 2. The van der Waals surface area contributed by atoms with Gasteiger partial charge < -0.3 is 26.8 Å². The highest BCUT2D eigenvalue weighted by molar-refractivity contribution is 7.98. The maximum absolute atomic E-state index is 13.0. The number of carbonyl (C=O) groups excluding carboxylic acids is 3. The lowest BCUT2D eigenvalue weighted by Gasteiger charge is -2.40. The number of hydrogen-bond donors (Lipinski definition) is 5. The molecule has 0 saturated heterocycles. The fraction of sp³-hybridized carbons (Fsp3) is 0.706. The smallest absolute Gasteiger partial charge is 0.337 e.